The van der Waals surface area contributed by atoms with Gasteiger partial charge in [0.05, 0.1) is 21.6 Å². The maximum absolute atomic E-state index is 14.6. The molecule has 3 atom stereocenters. The number of alkyl halides is 1. The van der Waals surface area contributed by atoms with Crippen LogP contribution < -0.4 is 5.32 Å². The number of ether oxygens (including phenoxy) is 1. The number of nitrogens with zero attached hydrogens (tertiary/aromatic N) is 3. The molecule has 0 spiro atoms. The molecule has 0 aliphatic carbocycles. The number of anilines is 1. The van der Waals surface area contributed by atoms with Gasteiger partial charge >= 0.3 is 6.09 Å². The third-order valence-corrected chi connectivity index (χ3v) is 6.20. The van der Waals surface area contributed by atoms with Crippen molar-refractivity contribution < 1.29 is 18.3 Å². The smallest absolute Gasteiger partial charge is 0.410 e. The van der Waals surface area contributed by atoms with E-state index in [0.29, 0.717) is 17.0 Å². The standard InChI is InChI=1S/C20H24BrClF2N4O2/c1-9-14(23)6-11(28(9)19(29)30-20(3,4)5)8-25-18-12-7-13(22)15(21)16(24)17(12)26-10(2)27-18/h7,9,11,14H,6,8H2,1-5H3,(H,25,26,27). The minimum absolute atomic E-state index is 0.119. The number of aromatic nitrogens is 2. The van der Waals surface area contributed by atoms with Gasteiger partial charge in [-0.05, 0) is 56.6 Å². The molecule has 1 aromatic carbocycles. The lowest BCUT2D eigenvalue weighted by atomic mass is 10.1. The van der Waals surface area contributed by atoms with Crippen molar-refractivity contribution in [2.24, 2.45) is 0 Å². The SMILES string of the molecule is Cc1nc(NCC2CC(F)C(C)N2C(=O)OC(C)(C)C)c2cc(Cl)c(Br)c(F)c2n1. The van der Waals surface area contributed by atoms with Crippen LogP contribution in [0.4, 0.5) is 19.4 Å². The fourth-order valence-corrected chi connectivity index (χ4v) is 4.02. The fraction of sp³-hybridized carbons (Fsp3) is 0.550. The largest absolute Gasteiger partial charge is 0.444 e. The van der Waals surface area contributed by atoms with Crippen LogP contribution in [-0.4, -0.2) is 51.4 Å². The number of aryl methyl sites for hydroxylation is 1. The maximum Gasteiger partial charge on any atom is 0.410 e. The molecular formula is C20H24BrClF2N4O2. The van der Waals surface area contributed by atoms with E-state index in [0.717, 1.165) is 0 Å². The summed E-state index contributed by atoms with van der Waals surface area (Å²) >= 11 is 9.22. The lowest BCUT2D eigenvalue weighted by Gasteiger charge is -2.31. The average molecular weight is 506 g/mol. The van der Waals surface area contributed by atoms with Crippen LogP contribution in [0.25, 0.3) is 10.9 Å². The number of benzene rings is 1. The summed E-state index contributed by atoms with van der Waals surface area (Å²) in [5.41, 5.74) is -0.571. The first-order chi connectivity index (χ1) is 13.9. The monoisotopic (exact) mass is 504 g/mol. The number of carbonyl (C=O) groups is 1. The molecule has 2 aromatic rings. The summed E-state index contributed by atoms with van der Waals surface area (Å²) in [6, 6.07) is 0.497. The van der Waals surface area contributed by atoms with Gasteiger partial charge in [-0.25, -0.2) is 23.5 Å². The second kappa shape index (κ2) is 8.42. The fourth-order valence-electron chi connectivity index (χ4n) is 3.52. The molecule has 0 bridgehead atoms. The van der Waals surface area contributed by atoms with Crippen molar-refractivity contribution >= 4 is 50.3 Å². The first kappa shape index (κ1) is 22.9. The van der Waals surface area contributed by atoms with E-state index >= 15 is 0 Å². The second-order valence-electron chi connectivity index (χ2n) is 8.42. The summed E-state index contributed by atoms with van der Waals surface area (Å²) in [6.45, 7) is 8.80. The molecular weight excluding hydrogens is 482 g/mol. The van der Waals surface area contributed by atoms with E-state index < -0.39 is 35.8 Å². The van der Waals surface area contributed by atoms with Crippen molar-refractivity contribution in [2.45, 2.75) is 64.9 Å². The number of carbonyl (C=O) groups excluding carboxylic acids is 1. The summed E-state index contributed by atoms with van der Waals surface area (Å²) in [4.78, 5) is 22.6. The Labute approximate surface area is 187 Å². The van der Waals surface area contributed by atoms with Crippen LogP contribution in [0, 0.1) is 12.7 Å². The summed E-state index contributed by atoms with van der Waals surface area (Å²) in [7, 11) is 0. The Morgan fingerprint density at radius 2 is 2.10 bits per heavy atom. The van der Waals surface area contributed by atoms with Gasteiger partial charge in [-0.1, -0.05) is 11.6 Å². The van der Waals surface area contributed by atoms with Gasteiger partial charge < -0.3 is 10.1 Å². The Bertz CT molecular complexity index is 986. The van der Waals surface area contributed by atoms with Crippen LogP contribution in [0.1, 0.15) is 39.9 Å². The zero-order chi connectivity index (χ0) is 22.4. The van der Waals surface area contributed by atoms with Crippen LogP contribution in [0.3, 0.4) is 0 Å². The Balaban J connectivity index is 1.88. The van der Waals surface area contributed by atoms with E-state index in [9.17, 15) is 13.6 Å². The molecule has 1 aliphatic heterocycles. The molecule has 164 valence electrons. The van der Waals surface area contributed by atoms with Crippen LogP contribution in [0.5, 0.6) is 0 Å². The molecule has 1 fully saturated rings. The summed E-state index contributed by atoms with van der Waals surface area (Å²) in [6.07, 6.45) is -1.57. The Morgan fingerprint density at radius 3 is 2.73 bits per heavy atom. The van der Waals surface area contributed by atoms with Gasteiger partial charge in [-0.2, -0.15) is 0 Å². The maximum atomic E-state index is 14.6. The zero-order valence-corrected chi connectivity index (χ0v) is 19.7. The van der Waals surface area contributed by atoms with Gasteiger partial charge in [0.25, 0.3) is 0 Å². The van der Waals surface area contributed by atoms with Crippen molar-refractivity contribution in [1.82, 2.24) is 14.9 Å². The van der Waals surface area contributed by atoms with Crippen LogP contribution in [0.15, 0.2) is 10.5 Å². The Hall–Kier alpha value is -1.74. The number of likely N-dealkylation sites (tertiary alicyclic amines) is 1. The van der Waals surface area contributed by atoms with Crippen molar-refractivity contribution in [2.75, 3.05) is 11.9 Å². The van der Waals surface area contributed by atoms with E-state index in [-0.39, 0.29) is 28.0 Å². The van der Waals surface area contributed by atoms with Gasteiger partial charge in [0.15, 0.2) is 5.82 Å². The second-order valence-corrected chi connectivity index (χ2v) is 9.62. The number of hydrogen-bond donors (Lipinski definition) is 1. The highest BCUT2D eigenvalue weighted by Crippen LogP contribution is 2.34. The van der Waals surface area contributed by atoms with Crippen molar-refractivity contribution in [3.8, 4) is 0 Å². The summed E-state index contributed by atoms with van der Waals surface area (Å²) < 4.78 is 34.6. The predicted molar refractivity (Wildman–Crippen MR) is 116 cm³/mol. The summed E-state index contributed by atoms with van der Waals surface area (Å²) in [5.74, 6) is 0.148. The zero-order valence-electron chi connectivity index (χ0n) is 17.4. The molecule has 30 heavy (non-hydrogen) atoms. The molecule has 2 heterocycles. The minimum Gasteiger partial charge on any atom is -0.444 e. The van der Waals surface area contributed by atoms with E-state index in [2.05, 4.69) is 31.2 Å². The first-order valence-corrected chi connectivity index (χ1v) is 10.8. The van der Waals surface area contributed by atoms with E-state index in [4.69, 9.17) is 16.3 Å². The average Bonchev–Trinajstić information content (AvgIpc) is 2.91. The highest BCUT2D eigenvalue weighted by molar-refractivity contribution is 9.10. The van der Waals surface area contributed by atoms with Gasteiger partial charge in [-0.15, -0.1) is 0 Å². The minimum atomic E-state index is -1.17. The number of nitrogens with one attached hydrogen (secondary N) is 1. The number of fused-ring (bicyclic) bond motifs is 1. The van der Waals surface area contributed by atoms with Crippen molar-refractivity contribution in [3.63, 3.8) is 0 Å². The highest BCUT2D eigenvalue weighted by atomic mass is 79.9. The molecule has 3 rings (SSSR count). The normalized spacial score (nSPS) is 21.9. The highest BCUT2D eigenvalue weighted by Gasteiger charge is 2.43. The number of amides is 1. The topological polar surface area (TPSA) is 67.4 Å². The molecule has 0 saturated carbocycles. The van der Waals surface area contributed by atoms with Gasteiger partial charge in [0.1, 0.15) is 28.9 Å². The quantitative estimate of drug-likeness (QED) is 0.547. The first-order valence-electron chi connectivity index (χ1n) is 9.60. The van der Waals surface area contributed by atoms with Crippen molar-refractivity contribution in [3.05, 3.63) is 27.2 Å². The third-order valence-electron chi connectivity index (χ3n) is 4.90. The molecule has 1 aliphatic rings. The summed E-state index contributed by atoms with van der Waals surface area (Å²) in [5, 5.41) is 3.71. The number of hydrogen-bond acceptors (Lipinski definition) is 5. The van der Waals surface area contributed by atoms with E-state index in [1.54, 1.807) is 40.7 Å². The number of rotatable bonds is 3. The molecule has 1 saturated heterocycles. The molecule has 0 radical (unpaired) electrons. The predicted octanol–water partition coefficient (Wildman–Crippen LogP) is 5.64. The van der Waals surface area contributed by atoms with Gasteiger partial charge in [0, 0.05) is 18.4 Å². The van der Waals surface area contributed by atoms with E-state index in [1.165, 1.54) is 4.90 Å². The molecule has 1 amide bonds. The third kappa shape index (κ3) is 4.61. The molecule has 6 nitrogen and oxygen atoms in total. The molecule has 1 N–H and O–H groups in total. The molecule has 1 aromatic heterocycles. The van der Waals surface area contributed by atoms with Crippen LogP contribution in [-0.2, 0) is 4.74 Å². The molecule has 10 heteroatoms. The lowest BCUT2D eigenvalue weighted by Crippen LogP contribution is -2.46. The lowest BCUT2D eigenvalue weighted by molar-refractivity contribution is 0.0148. The van der Waals surface area contributed by atoms with Gasteiger partial charge in [0.2, 0.25) is 0 Å². The molecule has 3 unspecified atom stereocenters. The van der Waals surface area contributed by atoms with Crippen molar-refractivity contribution in [1.29, 1.82) is 0 Å². The Kier molecular flexibility index (Phi) is 6.43. The van der Waals surface area contributed by atoms with Crippen LogP contribution >= 0.6 is 27.5 Å². The van der Waals surface area contributed by atoms with Gasteiger partial charge in [-0.3, -0.25) is 4.90 Å². The van der Waals surface area contributed by atoms with Crippen LogP contribution in [0.2, 0.25) is 5.02 Å². The Morgan fingerprint density at radius 1 is 1.43 bits per heavy atom. The van der Waals surface area contributed by atoms with E-state index in [1.807, 2.05) is 0 Å². The number of halogens is 4.